The number of fused-ring (bicyclic) bond motifs is 3. The zero-order valence-electron chi connectivity index (χ0n) is 24.2. The fourth-order valence-corrected chi connectivity index (χ4v) is 7.43. The molecule has 0 atom stereocenters. The monoisotopic (exact) mass is 591 g/mol. The molecule has 0 aliphatic carbocycles. The first-order valence-corrected chi connectivity index (χ1v) is 15.6. The molecule has 8 rings (SSSR count). The fourth-order valence-electron chi connectivity index (χ4n) is 6.06. The molecule has 0 fully saturated rings. The van der Waals surface area contributed by atoms with E-state index in [2.05, 4.69) is 119 Å². The summed E-state index contributed by atoms with van der Waals surface area (Å²) in [6, 6.07) is 47.0. The zero-order chi connectivity index (χ0) is 30.2. The highest BCUT2D eigenvalue weighted by molar-refractivity contribution is 7.26. The SMILES string of the molecule is N#Cc1ccc(-c2ccc(-c3cccc4c3sc3c(-c5cc(-c6ccncc6)cc(-c6ccncc6)c5)cccc34)cc2)cc1. The lowest BCUT2D eigenvalue weighted by Crippen LogP contribution is -1.87. The molecule has 3 aromatic heterocycles. The molecule has 0 aliphatic heterocycles. The van der Waals surface area contributed by atoms with Crippen LogP contribution in [0.15, 0.2) is 152 Å². The topological polar surface area (TPSA) is 49.6 Å². The maximum Gasteiger partial charge on any atom is 0.0991 e. The molecular formula is C41H25N3S. The first-order chi connectivity index (χ1) is 22.2. The van der Waals surface area contributed by atoms with Crippen LogP contribution in [0.25, 0.3) is 75.8 Å². The van der Waals surface area contributed by atoms with Crippen molar-refractivity contribution >= 4 is 31.5 Å². The second kappa shape index (κ2) is 11.3. The summed E-state index contributed by atoms with van der Waals surface area (Å²) in [6.07, 6.45) is 7.39. The minimum atomic E-state index is 0.670. The van der Waals surface area contributed by atoms with Crippen LogP contribution in [-0.4, -0.2) is 9.97 Å². The lowest BCUT2D eigenvalue weighted by Gasteiger charge is -2.12. The smallest absolute Gasteiger partial charge is 0.0991 e. The predicted octanol–water partition coefficient (Wildman–Crippen LogP) is 11.1. The van der Waals surface area contributed by atoms with Crippen LogP contribution < -0.4 is 0 Å². The van der Waals surface area contributed by atoms with Gasteiger partial charge in [-0.2, -0.15) is 5.26 Å². The Morgan fingerprint density at radius 2 is 0.844 bits per heavy atom. The molecule has 3 heterocycles. The van der Waals surface area contributed by atoms with Crippen LogP contribution in [0.5, 0.6) is 0 Å². The van der Waals surface area contributed by atoms with E-state index in [4.69, 9.17) is 5.26 Å². The standard InChI is InChI=1S/C41H25N3S/c42-26-27-7-9-28(10-8-27)29-11-13-32(14-12-29)36-3-1-5-38-39-6-2-4-37(41(39)45-40(36)38)35-24-33(30-15-19-43-20-16-30)23-34(25-35)31-17-21-44-22-18-31/h1-25H. The molecule has 3 nitrogen and oxygen atoms in total. The molecule has 0 saturated heterocycles. The molecule has 0 saturated carbocycles. The Morgan fingerprint density at radius 3 is 1.36 bits per heavy atom. The highest BCUT2D eigenvalue weighted by Gasteiger charge is 2.15. The van der Waals surface area contributed by atoms with Crippen molar-refractivity contribution in [2.75, 3.05) is 0 Å². The number of benzene rings is 5. The van der Waals surface area contributed by atoms with E-state index in [-0.39, 0.29) is 0 Å². The van der Waals surface area contributed by atoms with Crippen LogP contribution in [0, 0.1) is 11.3 Å². The van der Waals surface area contributed by atoms with Gasteiger partial charge in [-0.15, -0.1) is 11.3 Å². The number of rotatable bonds is 5. The van der Waals surface area contributed by atoms with Crippen LogP contribution in [0.3, 0.4) is 0 Å². The van der Waals surface area contributed by atoms with E-state index in [0.717, 1.165) is 33.4 Å². The Kier molecular flexibility index (Phi) is 6.72. The minimum absolute atomic E-state index is 0.670. The van der Waals surface area contributed by atoms with Crippen LogP contribution in [-0.2, 0) is 0 Å². The van der Waals surface area contributed by atoms with Gasteiger partial charge in [0, 0.05) is 45.0 Å². The number of thiophene rings is 1. The molecule has 0 amide bonds. The van der Waals surface area contributed by atoms with E-state index >= 15 is 0 Å². The average Bonchev–Trinajstić information content (AvgIpc) is 3.52. The molecule has 0 N–H and O–H groups in total. The van der Waals surface area contributed by atoms with Gasteiger partial charge in [0.25, 0.3) is 0 Å². The maximum absolute atomic E-state index is 9.15. The Balaban J connectivity index is 1.26. The Bertz CT molecular complexity index is 2290. The van der Waals surface area contributed by atoms with E-state index < -0.39 is 0 Å². The molecule has 0 radical (unpaired) electrons. The molecule has 5 aromatic carbocycles. The van der Waals surface area contributed by atoms with Crippen molar-refractivity contribution in [3.63, 3.8) is 0 Å². The van der Waals surface area contributed by atoms with Crippen molar-refractivity contribution in [1.29, 1.82) is 5.26 Å². The summed E-state index contributed by atoms with van der Waals surface area (Å²) in [5.41, 5.74) is 12.3. The van der Waals surface area contributed by atoms with Crippen molar-refractivity contribution in [2.45, 2.75) is 0 Å². The molecule has 45 heavy (non-hydrogen) atoms. The molecule has 210 valence electrons. The summed E-state index contributed by atoms with van der Waals surface area (Å²) in [4.78, 5) is 8.48. The van der Waals surface area contributed by atoms with Crippen molar-refractivity contribution < 1.29 is 0 Å². The predicted molar refractivity (Wildman–Crippen MR) is 187 cm³/mol. The Hall–Kier alpha value is -5.89. The highest BCUT2D eigenvalue weighted by Crippen LogP contribution is 2.45. The van der Waals surface area contributed by atoms with E-state index in [1.165, 1.54) is 42.4 Å². The van der Waals surface area contributed by atoms with Gasteiger partial charge in [-0.25, -0.2) is 0 Å². The van der Waals surface area contributed by atoms with Gasteiger partial charge in [-0.1, -0.05) is 72.8 Å². The minimum Gasteiger partial charge on any atom is -0.265 e. The summed E-state index contributed by atoms with van der Waals surface area (Å²) in [6.45, 7) is 0. The number of hydrogen-bond donors (Lipinski definition) is 0. The molecular weight excluding hydrogens is 567 g/mol. The molecule has 0 aliphatic rings. The second-order valence-electron chi connectivity index (χ2n) is 11.0. The van der Waals surface area contributed by atoms with Gasteiger partial charge in [0.1, 0.15) is 0 Å². The number of hydrogen-bond acceptors (Lipinski definition) is 4. The molecule has 4 heteroatoms. The van der Waals surface area contributed by atoms with Crippen molar-refractivity contribution in [1.82, 2.24) is 9.97 Å². The molecule has 0 bridgehead atoms. The van der Waals surface area contributed by atoms with Crippen LogP contribution in [0.4, 0.5) is 0 Å². The van der Waals surface area contributed by atoms with E-state index in [9.17, 15) is 0 Å². The first-order valence-electron chi connectivity index (χ1n) is 14.8. The van der Waals surface area contributed by atoms with Gasteiger partial charge in [-0.3, -0.25) is 9.97 Å². The normalized spacial score (nSPS) is 11.1. The lowest BCUT2D eigenvalue weighted by atomic mass is 9.93. The first kappa shape index (κ1) is 26.7. The summed E-state index contributed by atoms with van der Waals surface area (Å²) >= 11 is 1.86. The largest absolute Gasteiger partial charge is 0.265 e. The molecule has 0 unspecified atom stereocenters. The second-order valence-corrected chi connectivity index (χ2v) is 12.0. The average molecular weight is 592 g/mol. The number of pyridine rings is 2. The van der Waals surface area contributed by atoms with E-state index in [1.807, 2.05) is 60.4 Å². The zero-order valence-corrected chi connectivity index (χ0v) is 25.0. The lowest BCUT2D eigenvalue weighted by molar-refractivity contribution is 1.33. The van der Waals surface area contributed by atoms with Crippen molar-refractivity contribution in [2.24, 2.45) is 0 Å². The summed E-state index contributed by atoms with van der Waals surface area (Å²) in [7, 11) is 0. The third kappa shape index (κ3) is 4.96. The maximum atomic E-state index is 9.15. The Labute approximate surface area is 265 Å². The quantitative estimate of drug-likeness (QED) is 0.200. The third-order valence-corrected chi connectivity index (χ3v) is 9.63. The summed E-state index contributed by atoms with van der Waals surface area (Å²) < 4.78 is 2.56. The number of nitriles is 1. The van der Waals surface area contributed by atoms with Crippen molar-refractivity contribution in [3.05, 3.63) is 158 Å². The molecule has 0 spiro atoms. The van der Waals surface area contributed by atoms with Crippen molar-refractivity contribution in [3.8, 4) is 61.7 Å². The van der Waals surface area contributed by atoms with Crippen LogP contribution in [0.1, 0.15) is 5.56 Å². The molecule has 8 aromatic rings. The summed E-state index contributed by atoms with van der Waals surface area (Å²) in [5, 5.41) is 11.7. The highest BCUT2D eigenvalue weighted by atomic mass is 32.1. The van der Waals surface area contributed by atoms with Gasteiger partial charge < -0.3 is 0 Å². The van der Waals surface area contributed by atoms with Crippen LogP contribution >= 0.6 is 11.3 Å². The fraction of sp³-hybridized carbons (Fsp3) is 0. The van der Waals surface area contributed by atoms with E-state index in [1.54, 1.807) is 0 Å². The van der Waals surface area contributed by atoms with Crippen LogP contribution in [0.2, 0.25) is 0 Å². The Morgan fingerprint density at radius 1 is 0.422 bits per heavy atom. The third-order valence-electron chi connectivity index (χ3n) is 8.34. The van der Waals surface area contributed by atoms with E-state index in [0.29, 0.717) is 5.56 Å². The van der Waals surface area contributed by atoms with Gasteiger partial charge in [0.2, 0.25) is 0 Å². The number of nitrogens with zero attached hydrogens (tertiary/aromatic N) is 3. The van der Waals surface area contributed by atoms with Gasteiger partial charge in [0.15, 0.2) is 0 Å². The summed E-state index contributed by atoms with van der Waals surface area (Å²) in [5.74, 6) is 0. The van der Waals surface area contributed by atoms with Gasteiger partial charge >= 0.3 is 0 Å². The number of aromatic nitrogens is 2. The van der Waals surface area contributed by atoms with Gasteiger partial charge in [-0.05, 0) is 110 Å². The van der Waals surface area contributed by atoms with Gasteiger partial charge in [0.05, 0.1) is 11.6 Å².